The quantitative estimate of drug-likeness (QED) is 0.595. The predicted molar refractivity (Wildman–Crippen MR) is 58.6 cm³/mol. The molecule has 0 aliphatic carbocycles. The van der Waals surface area contributed by atoms with Crippen molar-refractivity contribution >= 4 is 6.08 Å². The highest BCUT2D eigenvalue weighted by Gasteiger charge is 2.18. The van der Waals surface area contributed by atoms with E-state index in [0.29, 0.717) is 6.54 Å². The van der Waals surface area contributed by atoms with Crippen molar-refractivity contribution < 1.29 is 9.90 Å². The van der Waals surface area contributed by atoms with Crippen molar-refractivity contribution in [2.45, 2.75) is 32.7 Å². The third-order valence-electron chi connectivity index (χ3n) is 2.20. The molecule has 80 valence electrons. The molecule has 0 radical (unpaired) electrons. The summed E-state index contributed by atoms with van der Waals surface area (Å²) in [5.41, 5.74) is 1.65. The number of benzene rings is 1. The number of aliphatic imine (C=N–C) groups is 1. The average molecular weight is 205 g/mol. The minimum Gasteiger partial charge on any atom is -0.508 e. The van der Waals surface area contributed by atoms with Gasteiger partial charge in [-0.3, -0.25) is 0 Å². The topological polar surface area (TPSA) is 49.7 Å². The van der Waals surface area contributed by atoms with Crippen LogP contribution >= 0.6 is 0 Å². The van der Waals surface area contributed by atoms with Gasteiger partial charge in [-0.15, -0.1) is 0 Å². The van der Waals surface area contributed by atoms with Crippen LogP contribution in [0.5, 0.6) is 5.75 Å². The maximum absolute atomic E-state index is 9.99. The van der Waals surface area contributed by atoms with E-state index >= 15 is 0 Å². The molecule has 0 heterocycles. The Hall–Kier alpha value is -1.60. The zero-order chi connectivity index (χ0) is 11.5. The maximum Gasteiger partial charge on any atom is 0.235 e. The fourth-order valence-electron chi connectivity index (χ4n) is 1.41. The molecule has 0 bridgehead atoms. The molecular formula is C12H15NO2. The summed E-state index contributed by atoms with van der Waals surface area (Å²) in [6.07, 6.45) is 1.50. The van der Waals surface area contributed by atoms with Gasteiger partial charge < -0.3 is 5.11 Å². The van der Waals surface area contributed by atoms with Crippen molar-refractivity contribution in [3.8, 4) is 5.75 Å². The Kier molecular flexibility index (Phi) is 3.28. The molecule has 0 atom stereocenters. The number of isocyanates is 1. The van der Waals surface area contributed by atoms with Crippen molar-refractivity contribution in [1.29, 1.82) is 0 Å². The molecule has 15 heavy (non-hydrogen) atoms. The molecule has 0 spiro atoms. The number of nitrogens with zero attached hydrogens (tertiary/aromatic N) is 1. The first-order chi connectivity index (χ1) is 6.95. The molecule has 3 heteroatoms. The van der Waals surface area contributed by atoms with Gasteiger partial charge in [0.05, 0.1) is 6.54 Å². The SMILES string of the molecule is CC(C)(C)c1cc(CN=C=O)ccc1O. The third-order valence-corrected chi connectivity index (χ3v) is 2.20. The third kappa shape index (κ3) is 2.93. The highest BCUT2D eigenvalue weighted by atomic mass is 16.3. The fraction of sp³-hybridized carbons (Fsp3) is 0.417. The molecule has 0 saturated heterocycles. The first-order valence-corrected chi connectivity index (χ1v) is 4.81. The molecule has 0 fully saturated rings. The molecule has 1 aromatic carbocycles. The van der Waals surface area contributed by atoms with Gasteiger partial charge in [-0.25, -0.2) is 9.79 Å². The normalized spacial score (nSPS) is 10.9. The lowest BCUT2D eigenvalue weighted by Crippen LogP contribution is -2.11. The Bertz CT molecular complexity index is 399. The molecule has 0 aliphatic rings. The number of hydrogen-bond acceptors (Lipinski definition) is 3. The number of hydrogen-bond donors (Lipinski definition) is 1. The molecule has 0 aliphatic heterocycles. The summed E-state index contributed by atoms with van der Waals surface area (Å²) in [6, 6.07) is 5.26. The van der Waals surface area contributed by atoms with Gasteiger partial charge in [-0.1, -0.05) is 26.8 Å². The largest absolute Gasteiger partial charge is 0.508 e. The molecule has 1 aromatic rings. The standard InChI is InChI=1S/C12H15NO2/c1-12(2,3)10-6-9(7-13-8-14)4-5-11(10)15/h4-6,15H,7H2,1-3H3. The highest BCUT2D eigenvalue weighted by Crippen LogP contribution is 2.31. The monoisotopic (exact) mass is 205 g/mol. The number of rotatable bonds is 2. The lowest BCUT2D eigenvalue weighted by atomic mass is 9.85. The van der Waals surface area contributed by atoms with E-state index < -0.39 is 0 Å². The molecule has 1 N–H and O–H groups in total. The molecule has 3 nitrogen and oxygen atoms in total. The van der Waals surface area contributed by atoms with Gasteiger partial charge in [-0.05, 0) is 28.7 Å². The highest BCUT2D eigenvalue weighted by molar-refractivity contribution is 5.41. The Balaban J connectivity index is 3.11. The van der Waals surface area contributed by atoms with Crippen LogP contribution in [0.15, 0.2) is 23.2 Å². The average Bonchev–Trinajstić information content (AvgIpc) is 2.15. The van der Waals surface area contributed by atoms with E-state index in [1.807, 2.05) is 26.8 Å². The first-order valence-electron chi connectivity index (χ1n) is 4.81. The predicted octanol–water partition coefficient (Wildman–Crippen LogP) is 2.53. The van der Waals surface area contributed by atoms with Crippen LogP contribution in [0, 0.1) is 0 Å². The zero-order valence-electron chi connectivity index (χ0n) is 9.24. The van der Waals surface area contributed by atoms with Gasteiger partial charge in [-0.2, -0.15) is 0 Å². The second-order valence-corrected chi connectivity index (χ2v) is 4.51. The van der Waals surface area contributed by atoms with Crippen molar-refractivity contribution in [1.82, 2.24) is 0 Å². The lowest BCUT2D eigenvalue weighted by Gasteiger charge is -2.20. The molecular weight excluding hydrogens is 190 g/mol. The summed E-state index contributed by atoms with van der Waals surface area (Å²) >= 11 is 0. The van der Waals surface area contributed by atoms with Crippen LogP contribution in [0.1, 0.15) is 31.9 Å². The van der Waals surface area contributed by atoms with Crippen LogP contribution < -0.4 is 0 Å². The molecule has 0 saturated carbocycles. The van der Waals surface area contributed by atoms with Crippen LogP contribution in [-0.4, -0.2) is 11.2 Å². The van der Waals surface area contributed by atoms with Crippen molar-refractivity contribution in [3.05, 3.63) is 29.3 Å². The van der Waals surface area contributed by atoms with E-state index in [1.165, 1.54) is 6.08 Å². The van der Waals surface area contributed by atoms with Gasteiger partial charge in [0.2, 0.25) is 6.08 Å². The van der Waals surface area contributed by atoms with Gasteiger partial charge in [0.15, 0.2) is 0 Å². The van der Waals surface area contributed by atoms with E-state index in [4.69, 9.17) is 0 Å². The van der Waals surface area contributed by atoms with E-state index in [0.717, 1.165) is 11.1 Å². The zero-order valence-corrected chi connectivity index (χ0v) is 9.24. The molecule has 1 rings (SSSR count). The van der Waals surface area contributed by atoms with Gasteiger partial charge in [0.1, 0.15) is 5.75 Å². The first kappa shape index (κ1) is 11.5. The van der Waals surface area contributed by atoms with Crippen LogP contribution in [0.2, 0.25) is 0 Å². The minimum atomic E-state index is -0.120. The van der Waals surface area contributed by atoms with Crippen LogP contribution in [0.3, 0.4) is 0 Å². The van der Waals surface area contributed by atoms with Crippen LogP contribution in [0.4, 0.5) is 0 Å². The van der Waals surface area contributed by atoms with E-state index in [2.05, 4.69) is 4.99 Å². The maximum atomic E-state index is 9.99. The molecule has 0 amide bonds. The van der Waals surface area contributed by atoms with Crippen molar-refractivity contribution in [2.75, 3.05) is 0 Å². The summed E-state index contributed by atoms with van der Waals surface area (Å²) in [4.78, 5) is 13.5. The van der Waals surface area contributed by atoms with E-state index in [1.54, 1.807) is 12.1 Å². The van der Waals surface area contributed by atoms with E-state index in [-0.39, 0.29) is 11.2 Å². The summed E-state index contributed by atoms with van der Waals surface area (Å²) in [6.45, 7) is 6.38. The second-order valence-electron chi connectivity index (χ2n) is 4.51. The Morgan fingerprint density at radius 3 is 2.60 bits per heavy atom. The molecule has 0 aromatic heterocycles. The van der Waals surface area contributed by atoms with Crippen molar-refractivity contribution in [2.24, 2.45) is 4.99 Å². The lowest BCUT2D eigenvalue weighted by molar-refractivity contribution is 0.446. The minimum absolute atomic E-state index is 0.120. The fourth-order valence-corrected chi connectivity index (χ4v) is 1.41. The summed E-state index contributed by atoms with van der Waals surface area (Å²) in [5.74, 6) is 0.279. The second kappa shape index (κ2) is 4.28. The number of aromatic hydroxyl groups is 1. The Labute approximate surface area is 89.5 Å². The van der Waals surface area contributed by atoms with E-state index in [9.17, 15) is 9.90 Å². The van der Waals surface area contributed by atoms with Crippen LogP contribution in [-0.2, 0) is 16.8 Å². The molecule has 0 unspecified atom stereocenters. The number of phenolic OH excluding ortho intramolecular Hbond substituents is 1. The summed E-state index contributed by atoms with van der Waals surface area (Å²) < 4.78 is 0. The van der Waals surface area contributed by atoms with Gasteiger partial charge in [0, 0.05) is 0 Å². The summed E-state index contributed by atoms with van der Waals surface area (Å²) in [5, 5.41) is 9.69. The summed E-state index contributed by atoms with van der Waals surface area (Å²) in [7, 11) is 0. The Morgan fingerprint density at radius 1 is 1.40 bits per heavy atom. The van der Waals surface area contributed by atoms with Gasteiger partial charge >= 0.3 is 0 Å². The van der Waals surface area contributed by atoms with Crippen molar-refractivity contribution in [3.63, 3.8) is 0 Å². The van der Waals surface area contributed by atoms with Crippen LogP contribution in [0.25, 0.3) is 0 Å². The number of carbonyl (C=O) groups excluding carboxylic acids is 1. The van der Waals surface area contributed by atoms with Gasteiger partial charge in [0.25, 0.3) is 0 Å². The Morgan fingerprint density at radius 2 is 2.07 bits per heavy atom. The smallest absolute Gasteiger partial charge is 0.235 e. The number of phenols is 1.